The summed E-state index contributed by atoms with van der Waals surface area (Å²) < 4.78 is 14.3. The number of hydrogen-bond acceptors (Lipinski definition) is 7. The smallest absolute Gasteiger partial charge is 0.253 e. The minimum atomic E-state index is -0.984. The number of nitrogens with zero attached hydrogens (tertiary/aromatic N) is 3. The Morgan fingerprint density at radius 2 is 1.97 bits per heavy atom. The highest BCUT2D eigenvalue weighted by Crippen LogP contribution is 2.43. The van der Waals surface area contributed by atoms with Crippen LogP contribution in [0.15, 0.2) is 36.4 Å². The van der Waals surface area contributed by atoms with E-state index in [1.165, 1.54) is 24.5 Å². The molecule has 2 aromatic carbocycles. The van der Waals surface area contributed by atoms with Gasteiger partial charge in [-0.2, -0.15) is 0 Å². The Balaban J connectivity index is 1.74. The van der Waals surface area contributed by atoms with Gasteiger partial charge >= 0.3 is 0 Å². The molecule has 3 aromatic rings. The third-order valence-corrected chi connectivity index (χ3v) is 7.36. The molecule has 0 radical (unpaired) electrons. The standard InChI is InChI=1S/C24H25ClFN5O3S/c1-13(2)14-6-4-5-7-16(14)24(11-31(12-24)23-30-29-20(10-32)35-23)22(34)28-19-9-18(26)17(25)8-15(19)21(33)27-3/h4-9,13,32H,10-12H2,1-3H3,(H,27,33)(H,28,34). The third-order valence-electron chi connectivity index (χ3n) is 6.10. The molecule has 0 atom stereocenters. The first-order chi connectivity index (χ1) is 16.7. The lowest BCUT2D eigenvalue weighted by atomic mass is 9.70. The van der Waals surface area contributed by atoms with Crippen LogP contribution in [0.3, 0.4) is 0 Å². The zero-order chi connectivity index (χ0) is 25.3. The summed E-state index contributed by atoms with van der Waals surface area (Å²) in [6, 6.07) is 9.98. The molecule has 1 aliphatic rings. The summed E-state index contributed by atoms with van der Waals surface area (Å²) in [7, 11) is 1.44. The zero-order valence-electron chi connectivity index (χ0n) is 19.4. The summed E-state index contributed by atoms with van der Waals surface area (Å²) >= 11 is 7.16. The zero-order valence-corrected chi connectivity index (χ0v) is 21.0. The highest BCUT2D eigenvalue weighted by atomic mass is 35.5. The summed E-state index contributed by atoms with van der Waals surface area (Å²) in [5.41, 5.74) is 0.986. The van der Waals surface area contributed by atoms with Gasteiger partial charge in [0, 0.05) is 20.1 Å². The molecule has 0 spiro atoms. The van der Waals surface area contributed by atoms with Crippen molar-refractivity contribution in [3.05, 3.63) is 68.9 Å². The highest BCUT2D eigenvalue weighted by molar-refractivity contribution is 7.15. The van der Waals surface area contributed by atoms with E-state index in [0.29, 0.717) is 23.2 Å². The van der Waals surface area contributed by atoms with Crippen LogP contribution in [0, 0.1) is 5.82 Å². The Kier molecular flexibility index (Phi) is 7.07. The Hall–Kier alpha value is -3.08. The molecule has 0 unspecified atom stereocenters. The molecule has 1 aliphatic heterocycles. The Bertz CT molecular complexity index is 1280. The lowest BCUT2D eigenvalue weighted by molar-refractivity contribution is -0.122. The van der Waals surface area contributed by atoms with Crippen molar-refractivity contribution in [2.24, 2.45) is 0 Å². The number of halogens is 2. The van der Waals surface area contributed by atoms with Gasteiger partial charge in [0.25, 0.3) is 5.91 Å². The van der Waals surface area contributed by atoms with Crippen molar-refractivity contribution in [3.63, 3.8) is 0 Å². The van der Waals surface area contributed by atoms with Crippen LogP contribution in [-0.2, 0) is 16.8 Å². The first-order valence-corrected chi connectivity index (χ1v) is 12.2. The van der Waals surface area contributed by atoms with Crippen molar-refractivity contribution in [2.45, 2.75) is 31.8 Å². The van der Waals surface area contributed by atoms with E-state index in [2.05, 4.69) is 34.7 Å². The predicted octanol–water partition coefficient (Wildman–Crippen LogP) is 3.70. The molecule has 35 heavy (non-hydrogen) atoms. The average molecular weight is 518 g/mol. The fraction of sp³-hybridized carbons (Fsp3) is 0.333. The fourth-order valence-electron chi connectivity index (χ4n) is 4.26. The van der Waals surface area contributed by atoms with Crippen LogP contribution in [0.5, 0.6) is 0 Å². The van der Waals surface area contributed by atoms with Crippen molar-refractivity contribution in [1.82, 2.24) is 15.5 Å². The second-order valence-corrected chi connectivity index (χ2v) is 10.1. The SMILES string of the molecule is CNC(=O)c1cc(Cl)c(F)cc1NC(=O)C1(c2ccccc2C(C)C)CN(c2nnc(CO)s2)C1. The number of amides is 2. The largest absolute Gasteiger partial charge is 0.389 e. The van der Waals surface area contributed by atoms with Gasteiger partial charge in [0.05, 0.1) is 22.9 Å². The number of carbonyl (C=O) groups is 2. The van der Waals surface area contributed by atoms with Crippen LogP contribution in [0.4, 0.5) is 15.2 Å². The van der Waals surface area contributed by atoms with Gasteiger partial charge < -0.3 is 20.6 Å². The minimum absolute atomic E-state index is 0.0367. The second-order valence-electron chi connectivity index (χ2n) is 8.66. The van der Waals surface area contributed by atoms with Gasteiger partial charge in [0.1, 0.15) is 16.2 Å². The molecule has 1 fully saturated rings. The van der Waals surface area contributed by atoms with Gasteiger partial charge in [0.2, 0.25) is 11.0 Å². The summed E-state index contributed by atoms with van der Waals surface area (Å²) in [6.07, 6.45) is 0. The molecule has 1 saturated heterocycles. The van der Waals surface area contributed by atoms with Crippen LogP contribution in [0.1, 0.15) is 46.3 Å². The van der Waals surface area contributed by atoms with Crippen molar-refractivity contribution in [2.75, 3.05) is 30.4 Å². The third kappa shape index (κ3) is 4.61. The first-order valence-electron chi connectivity index (χ1n) is 11.0. The molecule has 11 heteroatoms. The number of aliphatic hydroxyl groups is 1. The van der Waals surface area contributed by atoms with Crippen molar-refractivity contribution in [1.29, 1.82) is 0 Å². The summed E-state index contributed by atoms with van der Waals surface area (Å²) in [5, 5.41) is 23.6. The number of aromatic nitrogens is 2. The van der Waals surface area contributed by atoms with E-state index >= 15 is 0 Å². The van der Waals surface area contributed by atoms with Crippen molar-refractivity contribution >= 4 is 45.6 Å². The quantitative estimate of drug-likeness (QED) is 0.441. The monoisotopic (exact) mass is 517 g/mol. The fourth-order valence-corrected chi connectivity index (χ4v) is 5.12. The van der Waals surface area contributed by atoms with Crippen LogP contribution in [-0.4, -0.2) is 47.3 Å². The van der Waals surface area contributed by atoms with Crippen LogP contribution in [0.2, 0.25) is 5.02 Å². The topological polar surface area (TPSA) is 107 Å². The van der Waals surface area contributed by atoms with Gasteiger partial charge in [-0.15, -0.1) is 10.2 Å². The van der Waals surface area contributed by atoms with E-state index in [9.17, 15) is 19.1 Å². The van der Waals surface area contributed by atoms with Gasteiger partial charge in [-0.25, -0.2) is 4.39 Å². The lowest BCUT2D eigenvalue weighted by Gasteiger charge is -2.49. The van der Waals surface area contributed by atoms with E-state index in [1.807, 2.05) is 29.2 Å². The molecule has 1 aromatic heterocycles. The van der Waals surface area contributed by atoms with E-state index in [0.717, 1.165) is 17.2 Å². The molecule has 0 bridgehead atoms. The van der Waals surface area contributed by atoms with Gasteiger partial charge in [0.15, 0.2) is 0 Å². The van der Waals surface area contributed by atoms with Crippen LogP contribution >= 0.6 is 22.9 Å². The highest BCUT2D eigenvalue weighted by Gasteiger charge is 2.53. The molecule has 0 aliphatic carbocycles. The lowest BCUT2D eigenvalue weighted by Crippen LogP contribution is -2.65. The van der Waals surface area contributed by atoms with E-state index in [4.69, 9.17) is 11.6 Å². The van der Waals surface area contributed by atoms with Gasteiger partial charge in [-0.05, 0) is 29.2 Å². The number of anilines is 2. The maximum atomic E-state index is 14.3. The summed E-state index contributed by atoms with van der Waals surface area (Å²) in [6.45, 7) is 4.49. The van der Waals surface area contributed by atoms with Crippen LogP contribution < -0.4 is 15.5 Å². The molecular weight excluding hydrogens is 493 g/mol. The maximum Gasteiger partial charge on any atom is 0.253 e. The van der Waals surface area contributed by atoms with Crippen LogP contribution in [0.25, 0.3) is 0 Å². The van der Waals surface area contributed by atoms with Crippen molar-refractivity contribution in [3.8, 4) is 0 Å². The van der Waals surface area contributed by atoms with Gasteiger partial charge in [-0.1, -0.05) is 61.1 Å². The maximum absolute atomic E-state index is 14.3. The van der Waals surface area contributed by atoms with E-state index in [1.54, 1.807) is 0 Å². The molecule has 0 saturated carbocycles. The predicted molar refractivity (Wildman–Crippen MR) is 134 cm³/mol. The number of nitrogens with one attached hydrogen (secondary N) is 2. The summed E-state index contributed by atoms with van der Waals surface area (Å²) in [5.74, 6) is -1.46. The minimum Gasteiger partial charge on any atom is -0.389 e. The summed E-state index contributed by atoms with van der Waals surface area (Å²) in [4.78, 5) is 28.2. The first kappa shape index (κ1) is 25.0. The molecule has 184 valence electrons. The number of rotatable bonds is 7. The Morgan fingerprint density at radius 3 is 2.60 bits per heavy atom. The van der Waals surface area contributed by atoms with Crippen molar-refractivity contribution < 1.29 is 19.1 Å². The van der Waals surface area contributed by atoms with E-state index in [-0.39, 0.29) is 34.7 Å². The number of hydrogen-bond donors (Lipinski definition) is 3. The number of benzene rings is 2. The molecule has 8 nitrogen and oxygen atoms in total. The number of carbonyl (C=O) groups excluding carboxylic acids is 2. The molecule has 4 rings (SSSR count). The average Bonchev–Trinajstić information content (AvgIpc) is 3.29. The normalized spacial score (nSPS) is 14.5. The molecular formula is C24H25ClFN5O3S. The number of aliphatic hydroxyl groups excluding tert-OH is 1. The molecule has 3 N–H and O–H groups in total. The van der Waals surface area contributed by atoms with Gasteiger partial charge in [-0.3, -0.25) is 9.59 Å². The molecule has 2 amide bonds. The molecule has 2 heterocycles. The Labute approximate surface area is 211 Å². The second kappa shape index (κ2) is 9.88. The Morgan fingerprint density at radius 1 is 1.26 bits per heavy atom. The van der Waals surface area contributed by atoms with E-state index < -0.39 is 17.1 Å².